The summed E-state index contributed by atoms with van der Waals surface area (Å²) in [5, 5.41) is 5.93. The van der Waals surface area contributed by atoms with Crippen molar-refractivity contribution in [1.29, 1.82) is 0 Å². The number of hydrogen-bond donors (Lipinski definition) is 2. The van der Waals surface area contributed by atoms with Gasteiger partial charge in [0.25, 0.3) is 0 Å². The highest BCUT2D eigenvalue weighted by Crippen LogP contribution is 2.34. The second-order valence-electron chi connectivity index (χ2n) is 5.52. The van der Waals surface area contributed by atoms with E-state index in [1.54, 1.807) is 0 Å². The molecule has 1 saturated heterocycles. The average molecular weight is 333 g/mol. The van der Waals surface area contributed by atoms with Gasteiger partial charge in [0.2, 0.25) is 5.91 Å². The Hall–Kier alpha value is -0.840. The van der Waals surface area contributed by atoms with Crippen molar-refractivity contribution in [1.82, 2.24) is 5.32 Å². The molecule has 116 valence electrons. The molecule has 1 atom stereocenters. The van der Waals surface area contributed by atoms with Crippen LogP contribution in [0.5, 0.6) is 0 Å². The van der Waals surface area contributed by atoms with Gasteiger partial charge in [-0.15, -0.1) is 0 Å². The van der Waals surface area contributed by atoms with E-state index in [9.17, 15) is 9.18 Å². The second kappa shape index (κ2) is 6.95. The zero-order valence-corrected chi connectivity index (χ0v) is 13.5. The molecule has 6 heteroatoms. The molecule has 1 aromatic rings. The Labute approximate surface area is 134 Å². The lowest BCUT2D eigenvalue weighted by molar-refractivity contribution is -0.127. The standard InChI is InChI=1S/C15H19Cl2FN2O/c1-2-4-15(5-3-6-19-9-15)14(21)20-10-7-11(16)13(18)12(17)8-10/h7-8,19H,2-6,9H2,1H3,(H,20,21). The molecule has 1 heterocycles. The number of nitrogens with one attached hydrogen (secondary N) is 2. The van der Waals surface area contributed by atoms with Gasteiger partial charge in [-0.25, -0.2) is 4.39 Å². The van der Waals surface area contributed by atoms with E-state index in [4.69, 9.17) is 23.2 Å². The summed E-state index contributed by atoms with van der Waals surface area (Å²) in [4.78, 5) is 12.7. The zero-order chi connectivity index (χ0) is 15.5. The topological polar surface area (TPSA) is 41.1 Å². The molecule has 1 aromatic carbocycles. The Morgan fingerprint density at radius 3 is 2.62 bits per heavy atom. The summed E-state index contributed by atoms with van der Waals surface area (Å²) in [6.45, 7) is 3.66. The molecule has 21 heavy (non-hydrogen) atoms. The minimum absolute atomic E-state index is 0.0599. The van der Waals surface area contributed by atoms with Crippen molar-refractivity contribution in [2.75, 3.05) is 18.4 Å². The lowest BCUT2D eigenvalue weighted by Crippen LogP contribution is -2.48. The quantitative estimate of drug-likeness (QED) is 0.809. The second-order valence-corrected chi connectivity index (χ2v) is 6.33. The van der Waals surface area contributed by atoms with Crippen molar-refractivity contribution >= 4 is 34.8 Å². The number of benzene rings is 1. The SMILES string of the molecule is CCCC1(C(=O)Nc2cc(Cl)c(F)c(Cl)c2)CCCNC1. The maximum atomic E-state index is 13.4. The van der Waals surface area contributed by atoms with Crippen LogP contribution < -0.4 is 10.6 Å². The van der Waals surface area contributed by atoms with E-state index in [1.165, 1.54) is 12.1 Å². The van der Waals surface area contributed by atoms with Crippen molar-refractivity contribution < 1.29 is 9.18 Å². The van der Waals surface area contributed by atoms with E-state index in [2.05, 4.69) is 17.6 Å². The summed E-state index contributed by atoms with van der Waals surface area (Å²) in [5.41, 5.74) is 0.0119. The van der Waals surface area contributed by atoms with Gasteiger partial charge in [-0.1, -0.05) is 36.5 Å². The Balaban J connectivity index is 2.19. The van der Waals surface area contributed by atoms with Crippen LogP contribution in [0.25, 0.3) is 0 Å². The van der Waals surface area contributed by atoms with E-state index >= 15 is 0 Å². The van der Waals surface area contributed by atoms with E-state index in [1.807, 2.05) is 0 Å². The average Bonchev–Trinajstić information content (AvgIpc) is 2.46. The third-order valence-corrected chi connectivity index (χ3v) is 4.47. The molecule has 1 aliphatic heterocycles. The van der Waals surface area contributed by atoms with Gasteiger partial charge < -0.3 is 10.6 Å². The number of piperidine rings is 1. The Morgan fingerprint density at radius 2 is 2.10 bits per heavy atom. The van der Waals surface area contributed by atoms with Crippen molar-refractivity contribution in [2.45, 2.75) is 32.6 Å². The summed E-state index contributed by atoms with van der Waals surface area (Å²) in [6.07, 6.45) is 3.56. The summed E-state index contributed by atoms with van der Waals surface area (Å²) in [6, 6.07) is 2.77. The molecule has 0 spiro atoms. The number of carbonyl (C=O) groups excluding carboxylic acids is 1. The third kappa shape index (κ3) is 3.68. The van der Waals surface area contributed by atoms with Gasteiger partial charge in [0.15, 0.2) is 5.82 Å². The minimum Gasteiger partial charge on any atom is -0.325 e. The maximum Gasteiger partial charge on any atom is 0.231 e. The van der Waals surface area contributed by atoms with Crippen LogP contribution in [-0.4, -0.2) is 19.0 Å². The predicted molar refractivity (Wildman–Crippen MR) is 84.5 cm³/mol. The lowest BCUT2D eigenvalue weighted by Gasteiger charge is -2.36. The number of amides is 1. The van der Waals surface area contributed by atoms with Gasteiger partial charge in [0.05, 0.1) is 15.5 Å². The largest absolute Gasteiger partial charge is 0.325 e. The molecule has 1 unspecified atom stereocenters. The first kappa shape index (κ1) is 16.5. The monoisotopic (exact) mass is 332 g/mol. The highest BCUT2D eigenvalue weighted by molar-refractivity contribution is 6.35. The summed E-state index contributed by atoms with van der Waals surface area (Å²) >= 11 is 11.5. The Kier molecular flexibility index (Phi) is 5.47. The number of carbonyl (C=O) groups is 1. The summed E-state index contributed by atoms with van der Waals surface area (Å²) in [5.74, 6) is -0.728. The molecule has 0 aromatic heterocycles. The first-order chi connectivity index (χ1) is 9.98. The van der Waals surface area contributed by atoms with Crippen molar-refractivity contribution in [3.8, 4) is 0 Å². The van der Waals surface area contributed by atoms with Crippen LogP contribution in [0.4, 0.5) is 10.1 Å². The molecule has 0 bridgehead atoms. The molecule has 2 N–H and O–H groups in total. The van der Waals surface area contributed by atoms with Crippen LogP contribution in [0.3, 0.4) is 0 Å². The van der Waals surface area contributed by atoms with E-state index in [0.29, 0.717) is 12.2 Å². The van der Waals surface area contributed by atoms with Gasteiger partial charge in [-0.05, 0) is 37.9 Å². The molecule has 1 aliphatic rings. The van der Waals surface area contributed by atoms with E-state index in [0.717, 1.165) is 32.2 Å². The van der Waals surface area contributed by atoms with Crippen LogP contribution in [0.2, 0.25) is 10.0 Å². The molecular formula is C15H19Cl2FN2O. The first-order valence-corrected chi connectivity index (χ1v) is 7.91. The van der Waals surface area contributed by atoms with Gasteiger partial charge >= 0.3 is 0 Å². The summed E-state index contributed by atoms with van der Waals surface area (Å²) in [7, 11) is 0. The minimum atomic E-state index is -0.668. The van der Waals surface area contributed by atoms with Gasteiger partial charge in [-0.2, -0.15) is 0 Å². The molecular weight excluding hydrogens is 314 g/mol. The summed E-state index contributed by atoms with van der Waals surface area (Å²) < 4.78 is 13.4. The van der Waals surface area contributed by atoms with Crippen LogP contribution in [0.1, 0.15) is 32.6 Å². The lowest BCUT2D eigenvalue weighted by atomic mass is 9.76. The fraction of sp³-hybridized carbons (Fsp3) is 0.533. The highest BCUT2D eigenvalue weighted by atomic mass is 35.5. The molecule has 0 saturated carbocycles. The first-order valence-electron chi connectivity index (χ1n) is 7.15. The maximum absolute atomic E-state index is 13.4. The van der Waals surface area contributed by atoms with Crippen LogP contribution >= 0.6 is 23.2 Å². The Morgan fingerprint density at radius 1 is 1.43 bits per heavy atom. The molecule has 1 fully saturated rings. The van der Waals surface area contributed by atoms with Gasteiger partial charge in [-0.3, -0.25) is 4.79 Å². The van der Waals surface area contributed by atoms with Gasteiger partial charge in [0.1, 0.15) is 0 Å². The van der Waals surface area contributed by atoms with Crippen LogP contribution in [0.15, 0.2) is 12.1 Å². The van der Waals surface area contributed by atoms with Crippen molar-refractivity contribution in [2.24, 2.45) is 5.41 Å². The van der Waals surface area contributed by atoms with Crippen molar-refractivity contribution in [3.63, 3.8) is 0 Å². The van der Waals surface area contributed by atoms with Gasteiger partial charge in [0, 0.05) is 12.2 Å². The van der Waals surface area contributed by atoms with Crippen LogP contribution in [-0.2, 0) is 4.79 Å². The number of halogens is 3. The molecule has 0 radical (unpaired) electrons. The fourth-order valence-corrected chi connectivity index (χ4v) is 3.35. The normalized spacial score (nSPS) is 22.1. The smallest absolute Gasteiger partial charge is 0.231 e. The Bertz CT molecular complexity index is 502. The fourth-order valence-electron chi connectivity index (χ4n) is 2.86. The molecule has 1 amide bonds. The molecule has 0 aliphatic carbocycles. The molecule has 2 rings (SSSR count). The zero-order valence-electron chi connectivity index (χ0n) is 11.9. The van der Waals surface area contributed by atoms with E-state index in [-0.39, 0.29) is 16.0 Å². The molecule has 3 nitrogen and oxygen atoms in total. The number of hydrogen-bond acceptors (Lipinski definition) is 2. The van der Waals surface area contributed by atoms with E-state index < -0.39 is 11.2 Å². The number of rotatable bonds is 4. The van der Waals surface area contributed by atoms with Crippen molar-refractivity contribution in [3.05, 3.63) is 28.0 Å². The predicted octanol–water partition coefficient (Wildman–Crippen LogP) is 4.24. The number of anilines is 1. The highest BCUT2D eigenvalue weighted by Gasteiger charge is 2.38. The third-order valence-electron chi connectivity index (χ3n) is 3.92. The van der Waals surface area contributed by atoms with Crippen LogP contribution in [0, 0.1) is 11.2 Å².